The van der Waals surface area contributed by atoms with E-state index in [1.54, 1.807) is 0 Å². The van der Waals surface area contributed by atoms with Crippen molar-refractivity contribution in [3.8, 4) is 0 Å². The van der Waals surface area contributed by atoms with Gasteiger partial charge in [0.2, 0.25) is 5.95 Å². The number of carbonyl (C=O) groups excluding carboxylic acids is 1. The molecule has 0 radical (unpaired) electrons. The Bertz CT molecular complexity index is 325. The van der Waals surface area contributed by atoms with Crippen LogP contribution >= 0.6 is 0 Å². The maximum absolute atomic E-state index is 12.4. The van der Waals surface area contributed by atoms with E-state index in [1.165, 1.54) is 19.4 Å². The predicted molar refractivity (Wildman–Crippen MR) is 52.7 cm³/mol. The number of nitrogens with two attached hydrogens (primary N) is 1. The molecule has 6 heteroatoms. The minimum absolute atomic E-state index is 0.0803. The van der Waals surface area contributed by atoms with Gasteiger partial charge < -0.3 is 15.8 Å². The van der Waals surface area contributed by atoms with Gasteiger partial charge in [-0.05, 0) is 12.1 Å². The van der Waals surface area contributed by atoms with Crippen LogP contribution in [0.4, 0.5) is 10.1 Å². The van der Waals surface area contributed by atoms with Crippen LogP contribution in [-0.2, 0) is 9.53 Å². The number of hydrogen-bond acceptors (Lipinski definition) is 4. The topological polar surface area (TPSA) is 77.2 Å². The molecule has 3 N–H and O–H groups in total. The third-order valence-corrected chi connectivity index (χ3v) is 1.79. The lowest BCUT2D eigenvalue weighted by Gasteiger charge is -2.12. The highest BCUT2D eigenvalue weighted by molar-refractivity contribution is 5.94. The first kappa shape index (κ1) is 11.5. The van der Waals surface area contributed by atoms with Gasteiger partial charge in [-0.2, -0.15) is 4.39 Å². The van der Waals surface area contributed by atoms with Crippen molar-refractivity contribution in [3.63, 3.8) is 0 Å². The first-order valence-corrected chi connectivity index (χ1v) is 4.32. The Morgan fingerprint density at radius 2 is 2.47 bits per heavy atom. The van der Waals surface area contributed by atoms with Crippen molar-refractivity contribution in [1.29, 1.82) is 0 Å². The normalized spacial score (nSPS) is 12.2. The van der Waals surface area contributed by atoms with Crippen molar-refractivity contribution in [3.05, 3.63) is 24.3 Å². The molecular formula is C9H12FN3O2. The molecule has 0 saturated heterocycles. The highest BCUT2D eigenvalue weighted by Crippen LogP contribution is 2.06. The summed E-state index contributed by atoms with van der Waals surface area (Å²) in [6, 6.07) is 2.56. The van der Waals surface area contributed by atoms with E-state index in [1.807, 2.05) is 0 Å². The molecule has 1 rings (SSSR count). The van der Waals surface area contributed by atoms with E-state index in [-0.39, 0.29) is 12.5 Å². The number of hydrogen-bond donors (Lipinski definition) is 2. The lowest BCUT2D eigenvalue weighted by molar-refractivity contribution is -0.125. The molecule has 0 aromatic carbocycles. The Morgan fingerprint density at radius 3 is 2.93 bits per heavy atom. The Kier molecular flexibility index (Phi) is 4.14. The predicted octanol–water partition coefficient (Wildman–Crippen LogP) is 0.133. The minimum atomic E-state index is -0.713. The van der Waals surface area contributed by atoms with Gasteiger partial charge in [-0.25, -0.2) is 4.98 Å². The number of nitrogens with zero attached hydrogens (tertiary/aromatic N) is 1. The molecule has 0 saturated carbocycles. The number of pyridine rings is 1. The third kappa shape index (κ3) is 3.26. The van der Waals surface area contributed by atoms with Crippen molar-refractivity contribution in [2.24, 2.45) is 5.73 Å². The molecule has 1 heterocycles. The molecule has 0 aliphatic heterocycles. The average Bonchev–Trinajstić information content (AvgIpc) is 2.23. The molecule has 0 aliphatic rings. The molecule has 0 bridgehead atoms. The highest BCUT2D eigenvalue weighted by atomic mass is 19.1. The average molecular weight is 213 g/mol. The number of carbonyl (C=O) groups is 1. The van der Waals surface area contributed by atoms with Crippen LogP contribution in [0.5, 0.6) is 0 Å². The van der Waals surface area contributed by atoms with Crippen LogP contribution in [0.2, 0.25) is 0 Å². The van der Waals surface area contributed by atoms with Crippen LogP contribution in [0, 0.1) is 5.95 Å². The van der Waals surface area contributed by atoms with E-state index in [2.05, 4.69) is 10.3 Å². The fourth-order valence-corrected chi connectivity index (χ4v) is 0.983. The van der Waals surface area contributed by atoms with E-state index >= 15 is 0 Å². The third-order valence-electron chi connectivity index (χ3n) is 1.79. The van der Waals surface area contributed by atoms with Crippen molar-refractivity contribution < 1.29 is 13.9 Å². The number of methoxy groups -OCH3 is 1. The zero-order chi connectivity index (χ0) is 11.3. The summed E-state index contributed by atoms with van der Waals surface area (Å²) in [7, 11) is 1.39. The largest absolute Gasteiger partial charge is 0.370 e. The fraction of sp³-hybridized carbons (Fsp3) is 0.333. The van der Waals surface area contributed by atoms with Crippen molar-refractivity contribution in [2.75, 3.05) is 19.0 Å². The summed E-state index contributed by atoms with van der Waals surface area (Å²) in [5.41, 5.74) is 5.70. The molecule has 1 amide bonds. The maximum Gasteiger partial charge on any atom is 0.254 e. The van der Waals surface area contributed by atoms with Crippen LogP contribution < -0.4 is 11.1 Å². The summed E-state index contributed by atoms with van der Waals surface area (Å²) in [5.74, 6) is -0.983. The summed E-state index contributed by atoms with van der Waals surface area (Å²) in [6.07, 6.45) is 0.506. The van der Waals surface area contributed by atoms with Crippen LogP contribution in [0.15, 0.2) is 18.3 Å². The number of amides is 1. The minimum Gasteiger partial charge on any atom is -0.370 e. The van der Waals surface area contributed by atoms with Gasteiger partial charge in [0.1, 0.15) is 6.10 Å². The lowest BCUT2D eigenvalue weighted by atomic mass is 10.3. The van der Waals surface area contributed by atoms with E-state index in [0.717, 1.165) is 6.07 Å². The Labute approximate surface area is 86.4 Å². The number of anilines is 1. The van der Waals surface area contributed by atoms with Gasteiger partial charge in [-0.1, -0.05) is 0 Å². The number of rotatable bonds is 4. The molecule has 0 fully saturated rings. The van der Waals surface area contributed by atoms with Crippen molar-refractivity contribution >= 4 is 11.6 Å². The molecule has 15 heavy (non-hydrogen) atoms. The van der Waals surface area contributed by atoms with Gasteiger partial charge in [-0.3, -0.25) is 4.79 Å². The van der Waals surface area contributed by atoms with Crippen molar-refractivity contribution in [1.82, 2.24) is 4.98 Å². The number of ether oxygens (including phenoxy) is 1. The maximum atomic E-state index is 12.4. The van der Waals surface area contributed by atoms with Gasteiger partial charge in [0.15, 0.2) is 0 Å². The Balaban J connectivity index is 2.61. The van der Waals surface area contributed by atoms with Crippen LogP contribution in [0.1, 0.15) is 0 Å². The second-order valence-electron chi connectivity index (χ2n) is 2.82. The van der Waals surface area contributed by atoms with Crippen molar-refractivity contribution in [2.45, 2.75) is 6.10 Å². The quantitative estimate of drug-likeness (QED) is 0.697. The number of aromatic nitrogens is 1. The van der Waals surface area contributed by atoms with Gasteiger partial charge >= 0.3 is 0 Å². The van der Waals surface area contributed by atoms with Gasteiger partial charge in [0.25, 0.3) is 5.91 Å². The van der Waals surface area contributed by atoms with Crippen LogP contribution in [0.25, 0.3) is 0 Å². The number of halogens is 1. The Morgan fingerprint density at radius 1 is 1.73 bits per heavy atom. The first-order chi connectivity index (χ1) is 7.17. The van der Waals surface area contributed by atoms with Crippen LogP contribution in [0.3, 0.4) is 0 Å². The highest BCUT2D eigenvalue weighted by Gasteiger charge is 2.15. The van der Waals surface area contributed by atoms with Gasteiger partial charge in [0.05, 0.1) is 11.9 Å². The summed E-state index contributed by atoms with van der Waals surface area (Å²) >= 11 is 0. The first-order valence-electron chi connectivity index (χ1n) is 4.32. The zero-order valence-electron chi connectivity index (χ0n) is 8.24. The van der Waals surface area contributed by atoms with E-state index < -0.39 is 12.1 Å². The summed E-state index contributed by atoms with van der Waals surface area (Å²) in [4.78, 5) is 14.8. The van der Waals surface area contributed by atoms with Gasteiger partial charge in [-0.15, -0.1) is 0 Å². The molecule has 0 aliphatic carbocycles. The smallest absolute Gasteiger partial charge is 0.254 e. The second-order valence-corrected chi connectivity index (χ2v) is 2.82. The van der Waals surface area contributed by atoms with E-state index in [4.69, 9.17) is 10.5 Å². The Hall–Kier alpha value is -1.53. The molecule has 1 aromatic heterocycles. The molecule has 5 nitrogen and oxygen atoms in total. The van der Waals surface area contributed by atoms with E-state index in [9.17, 15) is 9.18 Å². The summed E-state index contributed by atoms with van der Waals surface area (Å²) in [6.45, 7) is 0.0803. The van der Waals surface area contributed by atoms with E-state index in [0.29, 0.717) is 5.69 Å². The zero-order valence-corrected chi connectivity index (χ0v) is 8.24. The molecule has 1 atom stereocenters. The molecule has 1 unspecified atom stereocenters. The summed E-state index contributed by atoms with van der Waals surface area (Å²) < 4.78 is 17.3. The molecule has 1 aromatic rings. The molecule has 0 spiro atoms. The number of nitrogens with one attached hydrogen (secondary N) is 1. The summed E-state index contributed by atoms with van der Waals surface area (Å²) in [5, 5.41) is 2.50. The van der Waals surface area contributed by atoms with Gasteiger partial charge in [0, 0.05) is 13.7 Å². The SMILES string of the molecule is COC(CN)C(=O)Nc1ccc(F)nc1. The fourth-order valence-electron chi connectivity index (χ4n) is 0.983. The monoisotopic (exact) mass is 213 g/mol. The second kappa shape index (κ2) is 5.38. The molecule has 82 valence electrons. The standard InChI is InChI=1S/C9H12FN3O2/c1-15-7(4-11)9(14)13-6-2-3-8(10)12-5-6/h2-3,5,7H,4,11H2,1H3,(H,13,14). The lowest BCUT2D eigenvalue weighted by Crippen LogP contribution is -2.35. The molecular weight excluding hydrogens is 201 g/mol. The van der Waals surface area contributed by atoms with Crippen LogP contribution in [-0.4, -0.2) is 30.6 Å².